The van der Waals surface area contributed by atoms with Crippen molar-refractivity contribution in [2.75, 3.05) is 0 Å². The van der Waals surface area contributed by atoms with Crippen LogP contribution in [-0.4, -0.2) is 26.2 Å². The van der Waals surface area contributed by atoms with E-state index < -0.39 is 0 Å². The Labute approximate surface area is 125 Å². The summed E-state index contributed by atoms with van der Waals surface area (Å²) in [4.78, 5) is 12.9. The molecular formula is C14H12N4O2S. The lowest BCUT2D eigenvalue weighted by Gasteiger charge is -2.05. The lowest BCUT2D eigenvalue weighted by atomic mass is 10.2. The van der Waals surface area contributed by atoms with Crippen molar-refractivity contribution in [3.05, 3.63) is 53.0 Å². The van der Waals surface area contributed by atoms with E-state index >= 15 is 0 Å². The Hall–Kier alpha value is -2.54. The lowest BCUT2D eigenvalue weighted by molar-refractivity contribution is -0.134. The highest BCUT2D eigenvalue weighted by atomic mass is 32.1. The van der Waals surface area contributed by atoms with Gasteiger partial charge in [0.1, 0.15) is 12.1 Å². The molecule has 106 valence electrons. The van der Waals surface area contributed by atoms with Crippen molar-refractivity contribution in [1.29, 1.82) is 0 Å². The average Bonchev–Trinajstić information content (AvgIpc) is 3.19. The molecule has 0 saturated carbocycles. The summed E-state index contributed by atoms with van der Waals surface area (Å²) in [5, 5.41) is 12.9. The number of aryl methyl sites for hydroxylation is 1. The van der Waals surface area contributed by atoms with Crippen molar-refractivity contribution in [2.24, 2.45) is 0 Å². The normalized spacial score (nSPS) is 10.5. The van der Waals surface area contributed by atoms with E-state index in [2.05, 4.69) is 15.5 Å². The Morgan fingerprint density at radius 2 is 2.10 bits per heavy atom. The highest BCUT2D eigenvalue weighted by Gasteiger charge is 2.06. The topological polar surface area (TPSA) is 69.9 Å². The number of benzene rings is 1. The molecule has 0 bridgehead atoms. The molecule has 6 nitrogen and oxygen atoms in total. The van der Waals surface area contributed by atoms with Gasteiger partial charge in [-0.3, -0.25) is 4.79 Å². The van der Waals surface area contributed by atoms with E-state index in [-0.39, 0.29) is 5.97 Å². The summed E-state index contributed by atoms with van der Waals surface area (Å²) < 4.78 is 6.82. The van der Waals surface area contributed by atoms with Crippen LogP contribution in [0.3, 0.4) is 0 Å². The van der Waals surface area contributed by atoms with Gasteiger partial charge in [0.15, 0.2) is 0 Å². The van der Waals surface area contributed by atoms with Crippen LogP contribution in [0.1, 0.15) is 11.3 Å². The zero-order chi connectivity index (χ0) is 14.5. The van der Waals surface area contributed by atoms with Crippen LogP contribution in [0.2, 0.25) is 0 Å². The van der Waals surface area contributed by atoms with Crippen LogP contribution in [0.15, 0.2) is 48.1 Å². The van der Waals surface area contributed by atoms with Gasteiger partial charge in [-0.15, -0.1) is 16.4 Å². The fraction of sp³-hybridized carbons (Fsp3) is 0.143. The number of thiophene rings is 1. The van der Waals surface area contributed by atoms with Gasteiger partial charge < -0.3 is 4.74 Å². The van der Waals surface area contributed by atoms with Crippen LogP contribution in [0, 0.1) is 0 Å². The summed E-state index contributed by atoms with van der Waals surface area (Å²) in [5.74, 6) is 0.279. The molecule has 0 amide bonds. The monoisotopic (exact) mass is 300 g/mol. The number of aromatic nitrogens is 4. The van der Waals surface area contributed by atoms with E-state index in [9.17, 15) is 4.79 Å². The summed E-state index contributed by atoms with van der Waals surface area (Å²) in [7, 11) is 0. The number of carbonyl (C=O) groups is 1. The van der Waals surface area contributed by atoms with Gasteiger partial charge in [0.05, 0.1) is 12.1 Å². The first-order valence-corrected chi connectivity index (χ1v) is 7.26. The highest BCUT2D eigenvalue weighted by Crippen LogP contribution is 2.16. The molecule has 0 spiro atoms. The quantitative estimate of drug-likeness (QED) is 0.534. The Morgan fingerprint density at radius 1 is 1.24 bits per heavy atom. The molecule has 0 unspecified atom stereocenters. The maximum atomic E-state index is 11.8. The summed E-state index contributed by atoms with van der Waals surface area (Å²) >= 11 is 1.64. The molecule has 7 heteroatoms. The number of carbonyl (C=O) groups excluding carboxylic acids is 1. The van der Waals surface area contributed by atoms with E-state index in [1.54, 1.807) is 35.6 Å². The van der Waals surface area contributed by atoms with Crippen molar-refractivity contribution in [3.63, 3.8) is 0 Å². The fourth-order valence-electron chi connectivity index (χ4n) is 1.81. The molecule has 0 aliphatic heterocycles. The van der Waals surface area contributed by atoms with Gasteiger partial charge in [0.25, 0.3) is 0 Å². The third-order valence-electron chi connectivity index (χ3n) is 2.84. The van der Waals surface area contributed by atoms with E-state index in [1.165, 1.54) is 15.9 Å². The maximum Gasteiger partial charge on any atom is 0.311 e. The fourth-order valence-corrected chi connectivity index (χ4v) is 2.52. The second-order valence-corrected chi connectivity index (χ2v) is 5.33. The van der Waals surface area contributed by atoms with E-state index in [4.69, 9.17) is 4.74 Å². The number of tetrazole rings is 1. The molecule has 0 atom stereocenters. The number of nitrogens with zero attached hydrogens (tertiary/aromatic N) is 4. The van der Waals surface area contributed by atoms with Crippen molar-refractivity contribution >= 4 is 17.3 Å². The molecule has 1 aromatic carbocycles. The lowest BCUT2D eigenvalue weighted by Crippen LogP contribution is -2.08. The minimum absolute atomic E-state index is 0.237. The first-order valence-electron chi connectivity index (χ1n) is 6.38. The van der Waals surface area contributed by atoms with Crippen LogP contribution >= 0.6 is 11.3 Å². The minimum atomic E-state index is -0.237. The van der Waals surface area contributed by atoms with Crippen LogP contribution < -0.4 is 4.74 Å². The molecule has 0 aliphatic rings. The highest BCUT2D eigenvalue weighted by molar-refractivity contribution is 7.09. The van der Waals surface area contributed by atoms with E-state index in [0.717, 1.165) is 5.69 Å². The summed E-state index contributed by atoms with van der Waals surface area (Å²) in [6.07, 6.45) is 2.58. The van der Waals surface area contributed by atoms with Crippen LogP contribution in [0.5, 0.6) is 5.75 Å². The maximum absolute atomic E-state index is 11.8. The molecule has 2 aromatic heterocycles. The van der Waals surface area contributed by atoms with Gasteiger partial charge in [0, 0.05) is 4.88 Å². The third-order valence-corrected chi connectivity index (χ3v) is 3.77. The van der Waals surface area contributed by atoms with Crippen molar-refractivity contribution in [3.8, 4) is 11.4 Å². The third kappa shape index (κ3) is 3.51. The van der Waals surface area contributed by atoms with E-state index in [1.807, 2.05) is 17.5 Å². The van der Waals surface area contributed by atoms with E-state index in [0.29, 0.717) is 18.6 Å². The molecule has 0 fully saturated rings. The molecule has 0 saturated heterocycles. The molecule has 3 aromatic rings. The second-order valence-electron chi connectivity index (χ2n) is 4.30. The first-order chi connectivity index (χ1) is 10.3. The zero-order valence-corrected chi connectivity index (χ0v) is 11.9. The van der Waals surface area contributed by atoms with Crippen LogP contribution in [-0.2, 0) is 11.2 Å². The smallest absolute Gasteiger partial charge is 0.311 e. The summed E-state index contributed by atoms with van der Waals surface area (Å²) in [6.45, 7) is 0. The zero-order valence-electron chi connectivity index (χ0n) is 11.0. The SMILES string of the molecule is O=C(CCc1cccs1)Oc1ccc(-n2cnnn2)cc1. The molecule has 21 heavy (non-hydrogen) atoms. The standard InChI is InChI=1S/C14H12N4O2S/c19-14(8-7-13-2-1-9-21-13)20-12-5-3-11(4-6-12)18-10-15-16-17-18/h1-6,9-10H,7-8H2. The summed E-state index contributed by atoms with van der Waals surface area (Å²) in [6, 6.07) is 11.0. The van der Waals surface area contributed by atoms with Crippen molar-refractivity contribution < 1.29 is 9.53 Å². The van der Waals surface area contributed by atoms with Gasteiger partial charge in [-0.25, -0.2) is 4.68 Å². The van der Waals surface area contributed by atoms with Crippen molar-refractivity contribution in [2.45, 2.75) is 12.8 Å². The van der Waals surface area contributed by atoms with Gasteiger partial charge >= 0.3 is 5.97 Å². The Morgan fingerprint density at radius 3 is 2.76 bits per heavy atom. The Balaban J connectivity index is 1.56. The Kier molecular flexibility index (Phi) is 4.02. The number of esters is 1. The predicted molar refractivity (Wildman–Crippen MR) is 77.4 cm³/mol. The number of hydrogen-bond acceptors (Lipinski definition) is 6. The van der Waals surface area contributed by atoms with Gasteiger partial charge in [0.2, 0.25) is 0 Å². The number of rotatable bonds is 5. The molecule has 0 N–H and O–H groups in total. The van der Waals surface area contributed by atoms with Crippen molar-refractivity contribution in [1.82, 2.24) is 20.2 Å². The summed E-state index contributed by atoms with van der Waals surface area (Å²) in [5.41, 5.74) is 0.804. The molecular weight excluding hydrogens is 288 g/mol. The average molecular weight is 300 g/mol. The Bertz CT molecular complexity index is 693. The van der Waals surface area contributed by atoms with Crippen LogP contribution in [0.25, 0.3) is 5.69 Å². The second kappa shape index (κ2) is 6.27. The molecule has 3 rings (SSSR count). The molecule has 0 radical (unpaired) electrons. The van der Waals surface area contributed by atoms with Gasteiger partial charge in [-0.05, 0) is 52.6 Å². The number of hydrogen-bond donors (Lipinski definition) is 0. The minimum Gasteiger partial charge on any atom is -0.427 e. The molecule has 0 aliphatic carbocycles. The van der Waals surface area contributed by atoms with Gasteiger partial charge in [-0.1, -0.05) is 6.07 Å². The van der Waals surface area contributed by atoms with Crippen LogP contribution in [0.4, 0.5) is 0 Å². The first kappa shape index (κ1) is 13.4. The largest absolute Gasteiger partial charge is 0.427 e. The predicted octanol–water partition coefficient (Wildman–Crippen LogP) is 2.26. The number of ether oxygens (including phenoxy) is 1. The van der Waals surface area contributed by atoms with Gasteiger partial charge in [-0.2, -0.15) is 0 Å². The molecule has 2 heterocycles.